The van der Waals surface area contributed by atoms with Crippen molar-refractivity contribution in [1.29, 1.82) is 0 Å². The first-order valence-corrected chi connectivity index (χ1v) is 6.48. The molecule has 0 aromatic heterocycles. The van der Waals surface area contributed by atoms with E-state index in [1.807, 2.05) is 13.8 Å². The van der Waals surface area contributed by atoms with Crippen LogP contribution < -0.4 is 5.32 Å². The smallest absolute Gasteiger partial charge is 0.269 e. The third kappa shape index (κ3) is 4.10. The molecule has 0 spiro atoms. The highest BCUT2D eigenvalue weighted by Crippen LogP contribution is 2.14. The molecule has 0 saturated heterocycles. The first-order valence-electron chi connectivity index (χ1n) is 5.57. The number of nitrogens with zero attached hydrogens (tertiary/aromatic N) is 1. The molecule has 1 rings (SSSR count). The number of halogens is 1. The van der Waals surface area contributed by atoms with Crippen LogP contribution in [0.15, 0.2) is 24.3 Å². The molecular formula is C12H15BrN2O3. The van der Waals surface area contributed by atoms with E-state index >= 15 is 0 Å². The Kier molecular flexibility index (Phi) is 5.27. The van der Waals surface area contributed by atoms with Gasteiger partial charge in [-0.3, -0.25) is 14.9 Å². The molecule has 0 heterocycles. The zero-order valence-electron chi connectivity index (χ0n) is 10.2. The summed E-state index contributed by atoms with van der Waals surface area (Å²) in [5.41, 5.74) is 0.738. The first kappa shape index (κ1) is 14.6. The van der Waals surface area contributed by atoms with Crippen molar-refractivity contribution < 1.29 is 9.72 Å². The molecule has 1 amide bonds. The summed E-state index contributed by atoms with van der Waals surface area (Å²) >= 11 is 3.30. The Morgan fingerprint density at radius 3 is 2.72 bits per heavy atom. The van der Waals surface area contributed by atoms with E-state index in [-0.39, 0.29) is 28.9 Å². The lowest BCUT2D eigenvalue weighted by atomic mass is 10.1. The van der Waals surface area contributed by atoms with Crippen molar-refractivity contribution in [3.05, 3.63) is 39.9 Å². The lowest BCUT2D eigenvalue weighted by molar-refractivity contribution is -0.384. The highest BCUT2D eigenvalue weighted by atomic mass is 79.9. The number of amides is 1. The van der Waals surface area contributed by atoms with Crippen LogP contribution in [0.5, 0.6) is 0 Å². The number of nitrogens with one attached hydrogen (secondary N) is 1. The van der Waals surface area contributed by atoms with Gasteiger partial charge in [-0.25, -0.2) is 0 Å². The Labute approximate surface area is 114 Å². The summed E-state index contributed by atoms with van der Waals surface area (Å²) in [5, 5.41) is 13.3. The zero-order chi connectivity index (χ0) is 13.7. The van der Waals surface area contributed by atoms with E-state index < -0.39 is 4.92 Å². The van der Waals surface area contributed by atoms with Gasteiger partial charge in [0.2, 0.25) is 5.91 Å². The number of nitro benzene ring substituents is 1. The van der Waals surface area contributed by atoms with Crippen molar-refractivity contribution in [3.8, 4) is 0 Å². The van der Waals surface area contributed by atoms with Gasteiger partial charge in [-0.05, 0) is 11.5 Å². The molecule has 0 fully saturated rings. The largest absolute Gasteiger partial charge is 0.351 e. The molecule has 18 heavy (non-hydrogen) atoms. The average Bonchev–Trinajstić information content (AvgIpc) is 2.35. The number of hydrogen-bond donors (Lipinski definition) is 1. The van der Waals surface area contributed by atoms with Gasteiger partial charge in [0.25, 0.3) is 5.69 Å². The van der Waals surface area contributed by atoms with Gasteiger partial charge < -0.3 is 5.32 Å². The quantitative estimate of drug-likeness (QED) is 0.516. The number of non-ortho nitro benzene ring substituents is 1. The summed E-state index contributed by atoms with van der Waals surface area (Å²) in [6, 6.07) is 6.23. The van der Waals surface area contributed by atoms with Crippen LogP contribution in [0, 0.1) is 16.0 Å². The summed E-state index contributed by atoms with van der Waals surface area (Å²) in [6.45, 7) is 4.16. The van der Waals surface area contributed by atoms with Gasteiger partial charge in [0.1, 0.15) is 0 Å². The van der Waals surface area contributed by atoms with Crippen molar-refractivity contribution in [1.82, 2.24) is 5.32 Å². The lowest BCUT2D eigenvalue weighted by Crippen LogP contribution is -2.33. The maximum Gasteiger partial charge on any atom is 0.269 e. The number of nitro groups is 1. The minimum absolute atomic E-state index is 0.0287. The van der Waals surface area contributed by atoms with Crippen LogP contribution in [0.1, 0.15) is 19.4 Å². The van der Waals surface area contributed by atoms with Crippen molar-refractivity contribution in [2.24, 2.45) is 5.92 Å². The minimum atomic E-state index is -0.452. The van der Waals surface area contributed by atoms with Crippen LogP contribution in [0.25, 0.3) is 0 Å². The molecule has 1 atom stereocenters. The van der Waals surface area contributed by atoms with Crippen LogP contribution in [0.4, 0.5) is 5.69 Å². The van der Waals surface area contributed by atoms with Crippen molar-refractivity contribution in [2.75, 3.05) is 0 Å². The van der Waals surface area contributed by atoms with Gasteiger partial charge in [0.05, 0.1) is 9.75 Å². The zero-order valence-corrected chi connectivity index (χ0v) is 11.8. The second kappa shape index (κ2) is 6.49. The summed E-state index contributed by atoms with van der Waals surface area (Å²) in [5.74, 6) is 0.0756. The van der Waals surface area contributed by atoms with E-state index in [1.54, 1.807) is 12.1 Å². The van der Waals surface area contributed by atoms with Crippen LogP contribution in [0.2, 0.25) is 0 Å². The topological polar surface area (TPSA) is 72.2 Å². The SMILES string of the molecule is CC(C)C(Br)C(=O)NCc1cccc([N+](=O)[O-])c1. The highest BCUT2D eigenvalue weighted by molar-refractivity contribution is 9.10. The van der Waals surface area contributed by atoms with E-state index in [0.717, 1.165) is 0 Å². The Balaban J connectivity index is 2.61. The van der Waals surface area contributed by atoms with Crippen LogP contribution in [-0.2, 0) is 11.3 Å². The van der Waals surface area contributed by atoms with E-state index in [2.05, 4.69) is 21.2 Å². The molecule has 1 unspecified atom stereocenters. The Bertz CT molecular complexity index is 449. The van der Waals surface area contributed by atoms with E-state index in [9.17, 15) is 14.9 Å². The van der Waals surface area contributed by atoms with Crippen molar-refractivity contribution >= 4 is 27.5 Å². The standard InChI is InChI=1S/C12H15BrN2O3/c1-8(2)11(13)12(16)14-7-9-4-3-5-10(6-9)15(17)18/h3-6,8,11H,7H2,1-2H3,(H,14,16). The molecule has 0 bridgehead atoms. The van der Waals surface area contributed by atoms with Crippen LogP contribution in [0.3, 0.4) is 0 Å². The molecular weight excluding hydrogens is 300 g/mol. The summed E-state index contributed by atoms with van der Waals surface area (Å²) in [6.07, 6.45) is 0. The number of hydrogen-bond acceptors (Lipinski definition) is 3. The Morgan fingerprint density at radius 1 is 1.50 bits per heavy atom. The van der Waals surface area contributed by atoms with Gasteiger partial charge in [-0.15, -0.1) is 0 Å². The summed E-state index contributed by atoms with van der Waals surface area (Å²) in [7, 11) is 0. The van der Waals surface area contributed by atoms with Crippen molar-refractivity contribution in [2.45, 2.75) is 25.2 Å². The molecule has 6 heteroatoms. The molecule has 98 valence electrons. The fraction of sp³-hybridized carbons (Fsp3) is 0.417. The molecule has 0 aliphatic rings. The number of rotatable bonds is 5. The Morgan fingerprint density at radius 2 is 2.17 bits per heavy atom. The summed E-state index contributed by atoms with van der Waals surface area (Å²) < 4.78 is 0. The minimum Gasteiger partial charge on any atom is -0.351 e. The Hall–Kier alpha value is -1.43. The predicted octanol–water partition coefficient (Wildman–Crippen LogP) is 2.63. The second-order valence-corrected chi connectivity index (χ2v) is 5.28. The average molecular weight is 315 g/mol. The third-order valence-electron chi connectivity index (χ3n) is 2.42. The molecule has 1 N–H and O–H groups in total. The molecule has 0 saturated carbocycles. The molecule has 0 aliphatic heterocycles. The lowest BCUT2D eigenvalue weighted by Gasteiger charge is -2.13. The number of benzene rings is 1. The van der Waals surface area contributed by atoms with Gasteiger partial charge in [-0.2, -0.15) is 0 Å². The molecule has 0 radical (unpaired) electrons. The molecule has 5 nitrogen and oxygen atoms in total. The molecule has 0 aliphatic carbocycles. The first-order chi connectivity index (χ1) is 8.41. The monoisotopic (exact) mass is 314 g/mol. The van der Waals surface area contributed by atoms with Gasteiger partial charge in [0, 0.05) is 18.7 Å². The van der Waals surface area contributed by atoms with E-state index in [1.165, 1.54) is 12.1 Å². The molecule has 1 aromatic rings. The maximum absolute atomic E-state index is 11.7. The fourth-order valence-corrected chi connectivity index (χ4v) is 1.53. The predicted molar refractivity (Wildman–Crippen MR) is 72.5 cm³/mol. The van der Waals surface area contributed by atoms with E-state index in [0.29, 0.717) is 5.56 Å². The third-order valence-corrected chi connectivity index (χ3v) is 3.90. The normalized spacial score (nSPS) is 12.2. The number of carbonyl (C=O) groups excluding carboxylic acids is 1. The number of carbonyl (C=O) groups is 1. The fourth-order valence-electron chi connectivity index (χ4n) is 1.37. The van der Waals surface area contributed by atoms with E-state index in [4.69, 9.17) is 0 Å². The van der Waals surface area contributed by atoms with Gasteiger partial charge >= 0.3 is 0 Å². The summed E-state index contributed by atoms with van der Waals surface area (Å²) in [4.78, 5) is 21.6. The molecule has 1 aromatic carbocycles. The van der Waals surface area contributed by atoms with Crippen LogP contribution >= 0.6 is 15.9 Å². The van der Waals surface area contributed by atoms with Crippen molar-refractivity contribution in [3.63, 3.8) is 0 Å². The van der Waals surface area contributed by atoms with Gasteiger partial charge in [-0.1, -0.05) is 41.9 Å². The van der Waals surface area contributed by atoms with Gasteiger partial charge in [0.15, 0.2) is 0 Å². The maximum atomic E-state index is 11.7. The number of alkyl halides is 1. The van der Waals surface area contributed by atoms with Crippen LogP contribution in [-0.4, -0.2) is 15.7 Å². The second-order valence-electron chi connectivity index (χ2n) is 4.29. The highest BCUT2D eigenvalue weighted by Gasteiger charge is 2.18.